The van der Waals surface area contributed by atoms with E-state index in [1.807, 2.05) is 66.7 Å². The van der Waals surface area contributed by atoms with Crippen LogP contribution in [0.15, 0.2) is 98.6 Å². The van der Waals surface area contributed by atoms with Crippen molar-refractivity contribution in [1.29, 1.82) is 0 Å². The highest BCUT2D eigenvalue weighted by Gasteiger charge is 2.17. The molecule has 5 nitrogen and oxygen atoms in total. The largest absolute Gasteiger partial charge is 0.461 e. The van der Waals surface area contributed by atoms with E-state index in [0.29, 0.717) is 29.1 Å². The van der Waals surface area contributed by atoms with E-state index in [1.54, 1.807) is 18.7 Å². The van der Waals surface area contributed by atoms with Crippen molar-refractivity contribution in [3.63, 3.8) is 0 Å². The van der Waals surface area contributed by atoms with Gasteiger partial charge in [-0.25, -0.2) is 9.97 Å². The number of oxazole rings is 2. The molecule has 0 aliphatic carbocycles. The fourth-order valence-electron chi connectivity index (χ4n) is 2.92. The quantitative estimate of drug-likeness (QED) is 0.400. The van der Waals surface area contributed by atoms with E-state index in [0.717, 1.165) is 16.7 Å². The first-order valence-electron chi connectivity index (χ1n) is 8.49. The van der Waals surface area contributed by atoms with E-state index in [1.165, 1.54) is 0 Å². The molecule has 0 fully saturated rings. The van der Waals surface area contributed by atoms with Gasteiger partial charge in [0.15, 0.2) is 17.3 Å². The molecule has 5 heteroatoms. The molecule has 0 bridgehead atoms. The SMILES string of the molecule is c1ccc(-c2cnc(-c3ccccc3-c3ncc(-c4ccco4)o3)o2)cc1. The van der Waals surface area contributed by atoms with Gasteiger partial charge in [0.1, 0.15) is 0 Å². The van der Waals surface area contributed by atoms with Gasteiger partial charge in [-0.15, -0.1) is 0 Å². The lowest BCUT2D eigenvalue weighted by atomic mass is 10.1. The lowest BCUT2D eigenvalue weighted by Gasteiger charge is -2.02. The minimum Gasteiger partial charge on any atom is -0.461 e. The van der Waals surface area contributed by atoms with Crippen molar-refractivity contribution in [3.05, 3.63) is 85.4 Å². The number of furan rings is 1. The number of hydrogen-bond donors (Lipinski definition) is 0. The summed E-state index contributed by atoms with van der Waals surface area (Å²) >= 11 is 0. The van der Waals surface area contributed by atoms with Crippen molar-refractivity contribution in [2.24, 2.45) is 0 Å². The number of benzene rings is 2. The third kappa shape index (κ3) is 2.85. The van der Waals surface area contributed by atoms with Gasteiger partial charge in [-0.2, -0.15) is 0 Å². The van der Waals surface area contributed by atoms with Crippen LogP contribution in [0.2, 0.25) is 0 Å². The number of nitrogens with zero attached hydrogens (tertiary/aromatic N) is 2. The van der Waals surface area contributed by atoms with E-state index in [-0.39, 0.29) is 0 Å². The van der Waals surface area contributed by atoms with Crippen LogP contribution in [-0.4, -0.2) is 9.97 Å². The zero-order chi connectivity index (χ0) is 18.1. The Bertz CT molecular complexity index is 1170. The van der Waals surface area contributed by atoms with E-state index in [9.17, 15) is 0 Å². The zero-order valence-corrected chi connectivity index (χ0v) is 14.2. The highest BCUT2D eigenvalue weighted by molar-refractivity contribution is 5.76. The molecule has 0 radical (unpaired) electrons. The van der Waals surface area contributed by atoms with Gasteiger partial charge in [0.05, 0.1) is 18.7 Å². The Morgan fingerprint density at radius 3 is 1.85 bits per heavy atom. The molecule has 0 amide bonds. The fourth-order valence-corrected chi connectivity index (χ4v) is 2.92. The Labute approximate surface area is 154 Å². The zero-order valence-electron chi connectivity index (χ0n) is 14.2. The lowest BCUT2D eigenvalue weighted by molar-refractivity contribution is 0.528. The molecule has 0 N–H and O–H groups in total. The van der Waals surface area contributed by atoms with Gasteiger partial charge in [-0.1, -0.05) is 42.5 Å². The predicted molar refractivity (Wildman–Crippen MR) is 101 cm³/mol. The summed E-state index contributed by atoms with van der Waals surface area (Å²) in [5.41, 5.74) is 2.59. The molecule has 27 heavy (non-hydrogen) atoms. The smallest absolute Gasteiger partial charge is 0.227 e. The molecular weight excluding hydrogens is 340 g/mol. The van der Waals surface area contributed by atoms with Crippen molar-refractivity contribution in [1.82, 2.24) is 9.97 Å². The van der Waals surface area contributed by atoms with Gasteiger partial charge >= 0.3 is 0 Å². The second kappa shape index (κ2) is 6.46. The van der Waals surface area contributed by atoms with Crippen molar-refractivity contribution in [2.45, 2.75) is 0 Å². The first kappa shape index (κ1) is 15.4. The van der Waals surface area contributed by atoms with Crippen LogP contribution < -0.4 is 0 Å². The topological polar surface area (TPSA) is 65.2 Å². The summed E-state index contributed by atoms with van der Waals surface area (Å²) in [6.45, 7) is 0. The maximum Gasteiger partial charge on any atom is 0.227 e. The molecular formula is C22H14N2O3. The molecule has 0 saturated carbocycles. The first-order chi connectivity index (χ1) is 13.4. The fraction of sp³-hybridized carbons (Fsp3) is 0. The van der Waals surface area contributed by atoms with Crippen LogP contribution in [0.4, 0.5) is 0 Å². The maximum absolute atomic E-state index is 6.00. The van der Waals surface area contributed by atoms with E-state index in [2.05, 4.69) is 9.97 Å². The van der Waals surface area contributed by atoms with Gasteiger partial charge in [0.25, 0.3) is 0 Å². The minimum atomic E-state index is 0.483. The van der Waals surface area contributed by atoms with Crippen molar-refractivity contribution >= 4 is 0 Å². The van der Waals surface area contributed by atoms with Crippen LogP contribution in [0.3, 0.4) is 0 Å². The molecule has 3 heterocycles. The van der Waals surface area contributed by atoms with Gasteiger partial charge < -0.3 is 13.3 Å². The Kier molecular flexibility index (Phi) is 3.68. The molecule has 2 aromatic carbocycles. The monoisotopic (exact) mass is 354 g/mol. The summed E-state index contributed by atoms with van der Waals surface area (Å²) in [6.07, 6.45) is 4.98. The van der Waals surface area contributed by atoms with Crippen molar-refractivity contribution in [2.75, 3.05) is 0 Å². The Hall–Kier alpha value is -3.86. The third-order valence-electron chi connectivity index (χ3n) is 4.22. The highest BCUT2D eigenvalue weighted by Crippen LogP contribution is 2.34. The average Bonchev–Trinajstić information content (AvgIpc) is 3.50. The summed E-state index contributed by atoms with van der Waals surface area (Å²) in [6, 6.07) is 21.2. The Morgan fingerprint density at radius 1 is 0.556 bits per heavy atom. The highest BCUT2D eigenvalue weighted by atomic mass is 16.4. The molecule has 0 atom stereocenters. The summed E-state index contributed by atoms with van der Waals surface area (Å²) in [7, 11) is 0. The van der Waals surface area contributed by atoms with Crippen LogP contribution in [-0.2, 0) is 0 Å². The van der Waals surface area contributed by atoms with Crippen LogP contribution in [0, 0.1) is 0 Å². The normalized spacial score (nSPS) is 11.0. The molecule has 5 rings (SSSR count). The van der Waals surface area contributed by atoms with Crippen molar-refractivity contribution < 1.29 is 13.3 Å². The van der Waals surface area contributed by atoms with Crippen LogP contribution in [0.5, 0.6) is 0 Å². The standard InChI is InChI=1S/C22H14N2O3/c1-2-7-15(8-3-1)19-13-23-21(26-19)16-9-4-5-10-17(16)22-24-14-20(27-22)18-11-6-12-25-18/h1-14H. The van der Waals surface area contributed by atoms with Gasteiger partial charge in [-0.05, 0) is 24.3 Å². The molecule has 3 aromatic heterocycles. The third-order valence-corrected chi connectivity index (χ3v) is 4.22. The number of hydrogen-bond acceptors (Lipinski definition) is 5. The minimum absolute atomic E-state index is 0.483. The first-order valence-corrected chi connectivity index (χ1v) is 8.49. The van der Waals surface area contributed by atoms with E-state index >= 15 is 0 Å². The molecule has 130 valence electrons. The molecule has 0 spiro atoms. The average molecular weight is 354 g/mol. The van der Waals surface area contributed by atoms with Crippen molar-refractivity contribution in [3.8, 4) is 45.8 Å². The maximum atomic E-state index is 6.00. The number of rotatable bonds is 4. The lowest BCUT2D eigenvalue weighted by Crippen LogP contribution is -1.84. The van der Waals surface area contributed by atoms with Crippen LogP contribution >= 0.6 is 0 Å². The second-order valence-electron chi connectivity index (χ2n) is 5.95. The summed E-state index contributed by atoms with van der Waals surface area (Å²) in [4.78, 5) is 8.85. The summed E-state index contributed by atoms with van der Waals surface area (Å²) < 4.78 is 17.3. The van der Waals surface area contributed by atoms with E-state index in [4.69, 9.17) is 13.3 Å². The Balaban J connectivity index is 1.55. The summed E-state index contributed by atoms with van der Waals surface area (Å²) in [5, 5.41) is 0. The molecule has 0 unspecified atom stereocenters. The van der Waals surface area contributed by atoms with E-state index < -0.39 is 0 Å². The molecule has 0 saturated heterocycles. The predicted octanol–water partition coefficient (Wildman–Crippen LogP) is 5.92. The Morgan fingerprint density at radius 2 is 1.19 bits per heavy atom. The molecule has 0 aliphatic rings. The summed E-state index contributed by atoms with van der Waals surface area (Å²) in [5.74, 6) is 2.92. The van der Waals surface area contributed by atoms with Gasteiger partial charge in [0.2, 0.25) is 11.8 Å². The van der Waals surface area contributed by atoms with Gasteiger partial charge in [-0.3, -0.25) is 0 Å². The van der Waals surface area contributed by atoms with Crippen LogP contribution in [0.25, 0.3) is 45.8 Å². The van der Waals surface area contributed by atoms with Gasteiger partial charge in [0, 0.05) is 16.7 Å². The second-order valence-corrected chi connectivity index (χ2v) is 5.95. The van der Waals surface area contributed by atoms with Crippen LogP contribution in [0.1, 0.15) is 0 Å². The number of aromatic nitrogens is 2. The molecule has 0 aliphatic heterocycles. The molecule has 5 aromatic rings.